The Morgan fingerprint density at radius 3 is 2.38 bits per heavy atom. The van der Waals surface area contributed by atoms with Crippen LogP contribution in [-0.4, -0.2) is 49.7 Å². The topological polar surface area (TPSA) is 90.5 Å². The fraction of sp³-hybridized carbons (Fsp3) is 0.800. The molecule has 0 bridgehead atoms. The first-order valence-corrected chi connectivity index (χ1v) is 5.38. The molecule has 6 heteroatoms. The number of amides is 1. The fourth-order valence-electron chi connectivity index (χ4n) is 1.27. The van der Waals surface area contributed by atoms with Crippen molar-refractivity contribution in [2.75, 3.05) is 20.6 Å². The van der Waals surface area contributed by atoms with Crippen LogP contribution in [0.5, 0.6) is 0 Å². The first-order chi connectivity index (χ1) is 7.52. The number of carbonyl (C=O) groups excluding carboxylic acids is 1. The lowest BCUT2D eigenvalue weighted by Crippen LogP contribution is -2.48. The van der Waals surface area contributed by atoms with Gasteiger partial charge < -0.3 is 21.1 Å². The van der Waals surface area contributed by atoms with Gasteiger partial charge in [-0.15, -0.1) is 0 Å². The van der Waals surface area contributed by atoms with Crippen molar-refractivity contribution >= 4 is 11.9 Å². The predicted octanol–water partition coefficient (Wildman–Crippen LogP) is -0.837. The van der Waals surface area contributed by atoms with Gasteiger partial charge in [0.2, 0.25) is 5.91 Å². The van der Waals surface area contributed by atoms with Crippen LogP contribution in [0.2, 0.25) is 0 Å². The summed E-state index contributed by atoms with van der Waals surface area (Å²) in [5, 5.41) is 17.0. The van der Waals surface area contributed by atoms with Gasteiger partial charge >= 0.3 is 5.97 Å². The number of nitrogens with one attached hydrogen (secondary N) is 3. The molecule has 0 aliphatic carbocycles. The molecule has 0 fully saturated rings. The van der Waals surface area contributed by atoms with Crippen molar-refractivity contribution in [3.8, 4) is 0 Å². The van der Waals surface area contributed by atoms with Gasteiger partial charge in [0, 0.05) is 0 Å². The highest BCUT2D eigenvalue weighted by Crippen LogP contribution is 1.97. The zero-order valence-electron chi connectivity index (χ0n) is 10.0. The van der Waals surface area contributed by atoms with Crippen molar-refractivity contribution in [1.82, 2.24) is 16.0 Å². The molecule has 0 aromatic carbocycles. The highest BCUT2D eigenvalue weighted by molar-refractivity contribution is 5.86. The van der Waals surface area contributed by atoms with Crippen LogP contribution < -0.4 is 16.0 Å². The fourth-order valence-corrected chi connectivity index (χ4v) is 1.27. The van der Waals surface area contributed by atoms with Gasteiger partial charge in [-0.25, -0.2) is 0 Å². The first kappa shape index (κ1) is 14.9. The molecule has 0 aromatic heterocycles. The van der Waals surface area contributed by atoms with Crippen LogP contribution in [0.25, 0.3) is 0 Å². The number of likely N-dealkylation sites (N-methyl/N-ethyl adjacent to an activating group) is 1. The van der Waals surface area contributed by atoms with E-state index in [4.69, 9.17) is 5.11 Å². The standard InChI is InChI=1S/C10H21N3O3/c1-7(10(15)16)13-9(14)8(12-3)5-4-6-11-2/h7-8,11-12H,4-6H2,1-3H3,(H,13,14)(H,15,16)/t7-,8+/m1/s1. The van der Waals surface area contributed by atoms with Gasteiger partial charge in [-0.1, -0.05) is 0 Å². The van der Waals surface area contributed by atoms with Gasteiger partial charge in [-0.2, -0.15) is 0 Å². The number of hydrogen-bond donors (Lipinski definition) is 4. The minimum absolute atomic E-state index is 0.270. The molecule has 4 N–H and O–H groups in total. The summed E-state index contributed by atoms with van der Waals surface area (Å²) < 4.78 is 0. The number of rotatable bonds is 8. The smallest absolute Gasteiger partial charge is 0.325 e. The monoisotopic (exact) mass is 231 g/mol. The molecule has 1 amide bonds. The molecule has 0 saturated heterocycles. The summed E-state index contributed by atoms with van der Waals surface area (Å²) >= 11 is 0. The summed E-state index contributed by atoms with van der Waals surface area (Å²) in [7, 11) is 3.54. The van der Waals surface area contributed by atoms with Crippen LogP contribution in [0.4, 0.5) is 0 Å². The molecule has 0 heterocycles. The van der Waals surface area contributed by atoms with Crippen molar-refractivity contribution in [3.63, 3.8) is 0 Å². The zero-order valence-corrected chi connectivity index (χ0v) is 10.0. The minimum atomic E-state index is -1.03. The Bertz CT molecular complexity index is 233. The van der Waals surface area contributed by atoms with Gasteiger partial charge in [0.15, 0.2) is 0 Å². The lowest BCUT2D eigenvalue weighted by atomic mass is 10.1. The van der Waals surface area contributed by atoms with Gasteiger partial charge in [0.1, 0.15) is 6.04 Å². The maximum Gasteiger partial charge on any atom is 0.325 e. The number of carboxylic acid groups (broad SMARTS) is 1. The lowest BCUT2D eigenvalue weighted by Gasteiger charge is -2.17. The van der Waals surface area contributed by atoms with Crippen molar-refractivity contribution in [2.45, 2.75) is 31.8 Å². The third-order valence-electron chi connectivity index (χ3n) is 2.31. The molecule has 16 heavy (non-hydrogen) atoms. The summed E-state index contributed by atoms with van der Waals surface area (Å²) in [6.07, 6.45) is 1.53. The Balaban J connectivity index is 4.05. The van der Waals surface area contributed by atoms with E-state index < -0.39 is 12.0 Å². The quantitative estimate of drug-likeness (QED) is 0.409. The molecule has 2 atom stereocenters. The van der Waals surface area contributed by atoms with Crippen molar-refractivity contribution < 1.29 is 14.7 Å². The maximum atomic E-state index is 11.6. The second-order valence-electron chi connectivity index (χ2n) is 3.66. The van der Waals surface area contributed by atoms with E-state index in [1.54, 1.807) is 7.05 Å². The van der Waals surface area contributed by atoms with E-state index in [0.717, 1.165) is 13.0 Å². The van der Waals surface area contributed by atoms with Gasteiger partial charge in [0.25, 0.3) is 0 Å². The normalized spacial score (nSPS) is 14.2. The van der Waals surface area contributed by atoms with E-state index in [1.807, 2.05) is 7.05 Å². The molecule has 94 valence electrons. The Morgan fingerprint density at radius 2 is 1.94 bits per heavy atom. The second kappa shape index (κ2) is 8.06. The highest BCUT2D eigenvalue weighted by Gasteiger charge is 2.20. The Hall–Kier alpha value is -1.14. The SMILES string of the molecule is CNCCC[C@H](NC)C(=O)N[C@H](C)C(=O)O. The molecule has 0 aromatic rings. The third kappa shape index (κ3) is 5.67. The largest absolute Gasteiger partial charge is 0.480 e. The summed E-state index contributed by atoms with van der Waals surface area (Å²) in [6.45, 7) is 2.28. The van der Waals surface area contributed by atoms with E-state index in [0.29, 0.717) is 6.42 Å². The zero-order chi connectivity index (χ0) is 12.6. The number of hydrogen-bond acceptors (Lipinski definition) is 4. The molecule has 0 saturated carbocycles. The minimum Gasteiger partial charge on any atom is -0.480 e. The van der Waals surface area contributed by atoms with E-state index >= 15 is 0 Å². The van der Waals surface area contributed by atoms with E-state index in [9.17, 15) is 9.59 Å². The maximum absolute atomic E-state index is 11.6. The molecular weight excluding hydrogens is 210 g/mol. The first-order valence-electron chi connectivity index (χ1n) is 5.38. The highest BCUT2D eigenvalue weighted by atomic mass is 16.4. The van der Waals surface area contributed by atoms with Crippen molar-refractivity contribution in [3.05, 3.63) is 0 Å². The van der Waals surface area contributed by atoms with E-state index in [2.05, 4.69) is 16.0 Å². The Kier molecular flexibility index (Phi) is 7.49. The third-order valence-corrected chi connectivity index (χ3v) is 2.31. The van der Waals surface area contributed by atoms with Gasteiger partial charge in [-0.05, 0) is 40.4 Å². The summed E-state index contributed by atoms with van der Waals surface area (Å²) in [5.41, 5.74) is 0. The van der Waals surface area contributed by atoms with Gasteiger partial charge in [-0.3, -0.25) is 9.59 Å². The Morgan fingerprint density at radius 1 is 1.31 bits per heavy atom. The van der Waals surface area contributed by atoms with Crippen LogP contribution in [0, 0.1) is 0 Å². The van der Waals surface area contributed by atoms with E-state index in [-0.39, 0.29) is 11.9 Å². The molecule has 0 aliphatic heterocycles. The number of aliphatic carboxylic acids is 1. The lowest BCUT2D eigenvalue weighted by molar-refractivity contribution is -0.141. The second-order valence-corrected chi connectivity index (χ2v) is 3.66. The summed E-state index contributed by atoms with van der Waals surface area (Å²) in [6, 6.07) is -1.19. The average molecular weight is 231 g/mol. The van der Waals surface area contributed by atoms with Crippen molar-refractivity contribution in [1.29, 1.82) is 0 Å². The summed E-state index contributed by atoms with van der Waals surface area (Å²) in [5.74, 6) is -1.30. The molecule has 6 nitrogen and oxygen atoms in total. The number of carbonyl (C=O) groups is 2. The average Bonchev–Trinajstić information content (AvgIpc) is 2.24. The summed E-state index contributed by atoms with van der Waals surface area (Å²) in [4.78, 5) is 22.2. The number of carboxylic acids is 1. The molecule has 0 unspecified atom stereocenters. The van der Waals surface area contributed by atoms with Crippen molar-refractivity contribution in [2.24, 2.45) is 0 Å². The van der Waals surface area contributed by atoms with Crippen LogP contribution in [0.3, 0.4) is 0 Å². The van der Waals surface area contributed by atoms with Crippen LogP contribution >= 0.6 is 0 Å². The Labute approximate surface area is 95.8 Å². The molecule has 0 aliphatic rings. The molecule has 0 rings (SSSR count). The molecule has 0 radical (unpaired) electrons. The van der Waals surface area contributed by atoms with E-state index in [1.165, 1.54) is 6.92 Å². The predicted molar refractivity (Wildman–Crippen MR) is 61.2 cm³/mol. The molecular formula is C10H21N3O3. The van der Waals surface area contributed by atoms with Gasteiger partial charge in [0.05, 0.1) is 6.04 Å². The molecule has 0 spiro atoms. The van der Waals surface area contributed by atoms with Crippen LogP contribution in [0.1, 0.15) is 19.8 Å². The van der Waals surface area contributed by atoms with Crippen LogP contribution in [-0.2, 0) is 9.59 Å². The van der Waals surface area contributed by atoms with Crippen LogP contribution in [0.15, 0.2) is 0 Å².